The third kappa shape index (κ3) is 4.48. The first-order chi connectivity index (χ1) is 11.2. The summed E-state index contributed by atoms with van der Waals surface area (Å²) >= 11 is 1.70. The highest BCUT2D eigenvalue weighted by Crippen LogP contribution is 2.29. The number of nitrogens with one attached hydrogen (secondary N) is 2. The smallest absolute Gasteiger partial charge is 0.224 e. The molecular weight excluding hydrogens is 344 g/mol. The summed E-state index contributed by atoms with van der Waals surface area (Å²) < 4.78 is 6.64. The number of amides is 1. The normalized spacial score (nSPS) is 16.5. The van der Waals surface area contributed by atoms with E-state index < -0.39 is 0 Å². The SMILES string of the molecule is COCC1(CNC(=O)Cc2csc3ccccc23)CCNCC1.Cl. The number of methoxy groups -OCH3 is 1. The lowest BCUT2D eigenvalue weighted by molar-refractivity contribution is -0.121. The molecule has 0 aliphatic carbocycles. The number of benzene rings is 1. The van der Waals surface area contributed by atoms with E-state index in [-0.39, 0.29) is 23.7 Å². The Hall–Kier alpha value is -1.14. The summed E-state index contributed by atoms with van der Waals surface area (Å²) in [6.45, 7) is 3.39. The molecule has 2 aromatic rings. The molecule has 1 amide bonds. The average Bonchev–Trinajstić information content (AvgIpc) is 2.98. The lowest BCUT2D eigenvalue weighted by Gasteiger charge is -2.37. The van der Waals surface area contributed by atoms with Crippen LogP contribution in [0.15, 0.2) is 29.6 Å². The van der Waals surface area contributed by atoms with Crippen molar-refractivity contribution in [2.24, 2.45) is 5.41 Å². The Bertz CT molecular complexity index is 662. The van der Waals surface area contributed by atoms with Gasteiger partial charge in [0.05, 0.1) is 13.0 Å². The second-order valence-electron chi connectivity index (χ2n) is 6.39. The number of piperidine rings is 1. The maximum Gasteiger partial charge on any atom is 0.224 e. The predicted octanol–water partition coefficient (Wildman–Crippen LogP) is 3.00. The molecule has 1 aromatic heterocycles. The van der Waals surface area contributed by atoms with Crippen LogP contribution in [0.1, 0.15) is 18.4 Å². The summed E-state index contributed by atoms with van der Waals surface area (Å²) in [6.07, 6.45) is 2.54. The fourth-order valence-electron chi connectivity index (χ4n) is 3.33. The number of rotatable bonds is 6. The van der Waals surface area contributed by atoms with E-state index in [9.17, 15) is 4.79 Å². The molecule has 1 saturated heterocycles. The summed E-state index contributed by atoms with van der Waals surface area (Å²) in [5.74, 6) is 0.0996. The van der Waals surface area contributed by atoms with Crippen molar-refractivity contribution in [2.75, 3.05) is 33.4 Å². The topological polar surface area (TPSA) is 50.4 Å². The second kappa shape index (κ2) is 8.81. The quantitative estimate of drug-likeness (QED) is 0.824. The molecule has 1 aliphatic heterocycles. The van der Waals surface area contributed by atoms with Crippen molar-refractivity contribution in [3.63, 3.8) is 0 Å². The van der Waals surface area contributed by atoms with Crippen LogP contribution in [-0.4, -0.2) is 39.3 Å². The van der Waals surface area contributed by atoms with E-state index >= 15 is 0 Å². The minimum absolute atomic E-state index is 0. The minimum atomic E-state index is 0. The molecule has 0 saturated carbocycles. The zero-order chi connectivity index (χ0) is 16.1. The van der Waals surface area contributed by atoms with Gasteiger partial charge in [0.2, 0.25) is 5.91 Å². The van der Waals surface area contributed by atoms with Gasteiger partial charge in [-0.1, -0.05) is 18.2 Å². The molecule has 1 fully saturated rings. The monoisotopic (exact) mass is 368 g/mol. The van der Waals surface area contributed by atoms with Crippen molar-refractivity contribution < 1.29 is 9.53 Å². The van der Waals surface area contributed by atoms with Crippen LogP contribution in [0.3, 0.4) is 0 Å². The highest BCUT2D eigenvalue weighted by molar-refractivity contribution is 7.17. The van der Waals surface area contributed by atoms with E-state index in [4.69, 9.17) is 4.74 Å². The van der Waals surface area contributed by atoms with Crippen LogP contribution in [0.5, 0.6) is 0 Å². The second-order valence-corrected chi connectivity index (χ2v) is 7.30. The molecule has 2 heterocycles. The van der Waals surface area contributed by atoms with Gasteiger partial charge in [-0.3, -0.25) is 4.79 Å². The van der Waals surface area contributed by atoms with Crippen LogP contribution < -0.4 is 10.6 Å². The molecular formula is C18H25ClN2O2S. The number of carbonyl (C=O) groups excluding carboxylic acids is 1. The summed E-state index contributed by atoms with van der Waals surface area (Å²) in [4.78, 5) is 12.4. The van der Waals surface area contributed by atoms with Crippen LogP contribution >= 0.6 is 23.7 Å². The summed E-state index contributed by atoms with van der Waals surface area (Å²) in [5.41, 5.74) is 1.20. The van der Waals surface area contributed by atoms with Crippen molar-refractivity contribution in [3.8, 4) is 0 Å². The molecule has 4 nitrogen and oxygen atoms in total. The van der Waals surface area contributed by atoms with Crippen LogP contribution in [0.25, 0.3) is 10.1 Å². The Morgan fingerprint density at radius 3 is 2.83 bits per heavy atom. The van der Waals surface area contributed by atoms with Gasteiger partial charge in [0.15, 0.2) is 0 Å². The number of carbonyl (C=O) groups is 1. The fourth-order valence-corrected chi connectivity index (χ4v) is 4.29. The van der Waals surface area contributed by atoms with Gasteiger partial charge in [-0.05, 0) is 48.3 Å². The van der Waals surface area contributed by atoms with Crippen LogP contribution in [0.4, 0.5) is 0 Å². The van der Waals surface area contributed by atoms with E-state index in [0.717, 1.165) is 31.5 Å². The first-order valence-electron chi connectivity index (χ1n) is 8.14. The summed E-state index contributed by atoms with van der Waals surface area (Å²) in [5, 5.41) is 9.81. The zero-order valence-corrected chi connectivity index (χ0v) is 15.6. The average molecular weight is 369 g/mol. The number of thiophene rings is 1. The standard InChI is InChI=1S/C18H24N2O2S.ClH/c1-22-13-18(6-8-19-9-7-18)12-20-17(21)10-14-11-23-16-5-3-2-4-15(14)16;/h2-5,11,19H,6-10,12-13H2,1H3,(H,20,21);1H. The summed E-state index contributed by atoms with van der Waals surface area (Å²) in [7, 11) is 1.74. The van der Waals surface area contributed by atoms with E-state index in [1.165, 1.54) is 10.1 Å². The largest absolute Gasteiger partial charge is 0.384 e. The molecule has 0 unspecified atom stereocenters. The number of hydrogen-bond donors (Lipinski definition) is 2. The van der Waals surface area contributed by atoms with Crippen LogP contribution in [0.2, 0.25) is 0 Å². The highest BCUT2D eigenvalue weighted by atomic mass is 35.5. The van der Waals surface area contributed by atoms with Crippen LogP contribution in [0, 0.1) is 5.41 Å². The molecule has 0 spiro atoms. The molecule has 0 atom stereocenters. The van der Waals surface area contributed by atoms with Crippen molar-refractivity contribution >= 4 is 39.7 Å². The predicted molar refractivity (Wildman–Crippen MR) is 102 cm³/mol. The third-order valence-electron chi connectivity index (χ3n) is 4.69. The van der Waals surface area contributed by atoms with E-state index in [1.807, 2.05) is 12.1 Å². The van der Waals surface area contributed by atoms with Gasteiger partial charge in [-0.2, -0.15) is 0 Å². The Labute approximate surface area is 153 Å². The van der Waals surface area contributed by atoms with Gasteiger partial charge >= 0.3 is 0 Å². The van der Waals surface area contributed by atoms with Crippen molar-refractivity contribution in [1.29, 1.82) is 0 Å². The van der Waals surface area contributed by atoms with E-state index in [1.54, 1.807) is 18.4 Å². The molecule has 1 aliphatic rings. The number of ether oxygens (including phenoxy) is 1. The van der Waals surface area contributed by atoms with Gasteiger partial charge in [-0.15, -0.1) is 23.7 Å². The molecule has 0 bridgehead atoms. The Morgan fingerprint density at radius 1 is 1.33 bits per heavy atom. The van der Waals surface area contributed by atoms with Crippen LogP contribution in [-0.2, 0) is 16.0 Å². The maximum absolute atomic E-state index is 12.4. The van der Waals surface area contributed by atoms with Crippen molar-refractivity contribution in [3.05, 3.63) is 35.2 Å². The number of hydrogen-bond acceptors (Lipinski definition) is 4. The lowest BCUT2D eigenvalue weighted by Crippen LogP contribution is -2.47. The molecule has 0 radical (unpaired) electrons. The number of halogens is 1. The Morgan fingerprint density at radius 2 is 2.08 bits per heavy atom. The summed E-state index contributed by atoms with van der Waals surface area (Å²) in [6, 6.07) is 8.26. The van der Waals surface area contributed by atoms with Gasteiger partial charge in [0.1, 0.15) is 0 Å². The van der Waals surface area contributed by atoms with E-state index in [0.29, 0.717) is 19.6 Å². The molecule has 3 rings (SSSR count). The Kier molecular flexibility index (Phi) is 7.04. The molecule has 132 valence electrons. The minimum Gasteiger partial charge on any atom is -0.384 e. The first-order valence-corrected chi connectivity index (χ1v) is 9.02. The molecule has 1 aromatic carbocycles. The van der Waals surface area contributed by atoms with Gasteiger partial charge < -0.3 is 15.4 Å². The van der Waals surface area contributed by atoms with Gasteiger partial charge in [-0.25, -0.2) is 0 Å². The fraction of sp³-hybridized carbons (Fsp3) is 0.500. The first kappa shape index (κ1) is 19.2. The number of fused-ring (bicyclic) bond motifs is 1. The highest BCUT2D eigenvalue weighted by Gasteiger charge is 2.32. The lowest BCUT2D eigenvalue weighted by atomic mass is 9.79. The third-order valence-corrected chi connectivity index (χ3v) is 5.70. The Balaban J connectivity index is 0.00000208. The maximum atomic E-state index is 12.4. The van der Waals surface area contributed by atoms with E-state index in [2.05, 4.69) is 28.1 Å². The molecule has 6 heteroatoms. The zero-order valence-electron chi connectivity index (χ0n) is 14.0. The van der Waals surface area contributed by atoms with Gasteiger partial charge in [0, 0.05) is 23.8 Å². The van der Waals surface area contributed by atoms with Crippen molar-refractivity contribution in [1.82, 2.24) is 10.6 Å². The molecule has 2 N–H and O–H groups in total. The van der Waals surface area contributed by atoms with Gasteiger partial charge in [0.25, 0.3) is 0 Å². The van der Waals surface area contributed by atoms with Crippen molar-refractivity contribution in [2.45, 2.75) is 19.3 Å². The molecule has 24 heavy (non-hydrogen) atoms.